The van der Waals surface area contributed by atoms with Crippen LogP contribution in [0.2, 0.25) is 0 Å². The lowest BCUT2D eigenvalue weighted by Crippen LogP contribution is -1.98. The maximum Gasteiger partial charge on any atom is 0.0734 e. The molecule has 0 saturated heterocycles. The fraction of sp³-hybridized carbons (Fsp3) is 0.182. The van der Waals surface area contributed by atoms with Gasteiger partial charge >= 0.3 is 0 Å². The van der Waals surface area contributed by atoms with Crippen molar-refractivity contribution in [2.45, 2.75) is 13.5 Å². The summed E-state index contributed by atoms with van der Waals surface area (Å²) in [6.45, 7) is 2.64. The first-order valence-electron chi connectivity index (χ1n) is 4.36. The molecular weight excluding hydrogens is 196 g/mol. The topological polar surface area (TPSA) is 38.9 Å². The van der Waals surface area contributed by atoms with Gasteiger partial charge in [0, 0.05) is 18.1 Å². The lowest BCUT2D eigenvalue weighted by atomic mass is 10.1. The number of rotatable bonds is 1. The third-order valence-corrected chi connectivity index (χ3v) is 2.28. The smallest absolute Gasteiger partial charge is 0.0734 e. The van der Waals surface area contributed by atoms with Crippen molar-refractivity contribution in [3.8, 4) is 0 Å². The standard InChI is InChI=1S/C11H12N2.ClH/c1-8-3-2-4-10-9(7-12)5-6-13-11(8)10;/h2-6H,7,12H2,1H3;1H. The van der Waals surface area contributed by atoms with Crippen LogP contribution in [-0.2, 0) is 6.54 Å². The largest absolute Gasteiger partial charge is 0.326 e. The number of nitrogens with zero attached hydrogens (tertiary/aromatic N) is 1. The lowest BCUT2D eigenvalue weighted by molar-refractivity contribution is 1.08. The van der Waals surface area contributed by atoms with Gasteiger partial charge in [-0.2, -0.15) is 0 Å². The number of nitrogens with two attached hydrogens (primary N) is 1. The van der Waals surface area contributed by atoms with E-state index in [0.29, 0.717) is 6.54 Å². The van der Waals surface area contributed by atoms with Crippen LogP contribution in [0.15, 0.2) is 30.5 Å². The number of pyridine rings is 1. The first kappa shape index (κ1) is 11.0. The van der Waals surface area contributed by atoms with E-state index < -0.39 is 0 Å². The number of halogens is 1. The van der Waals surface area contributed by atoms with Crippen molar-refractivity contribution in [1.82, 2.24) is 4.98 Å². The van der Waals surface area contributed by atoms with Gasteiger partial charge in [0.25, 0.3) is 0 Å². The molecule has 74 valence electrons. The Balaban J connectivity index is 0.000000980. The normalized spacial score (nSPS) is 9.86. The molecule has 0 amide bonds. The van der Waals surface area contributed by atoms with Gasteiger partial charge in [-0.1, -0.05) is 18.2 Å². The quantitative estimate of drug-likeness (QED) is 0.782. The van der Waals surface area contributed by atoms with E-state index in [0.717, 1.165) is 11.1 Å². The molecule has 2 rings (SSSR count). The van der Waals surface area contributed by atoms with Crippen molar-refractivity contribution >= 4 is 23.3 Å². The molecule has 3 heteroatoms. The Morgan fingerprint density at radius 2 is 2.07 bits per heavy atom. The van der Waals surface area contributed by atoms with E-state index in [1.165, 1.54) is 10.9 Å². The summed E-state index contributed by atoms with van der Waals surface area (Å²) >= 11 is 0. The zero-order valence-electron chi connectivity index (χ0n) is 8.03. The molecule has 0 bridgehead atoms. The molecule has 14 heavy (non-hydrogen) atoms. The number of benzene rings is 1. The van der Waals surface area contributed by atoms with Crippen LogP contribution in [0.3, 0.4) is 0 Å². The molecule has 1 heterocycles. The minimum Gasteiger partial charge on any atom is -0.326 e. The van der Waals surface area contributed by atoms with Gasteiger partial charge in [0.1, 0.15) is 0 Å². The molecule has 0 aliphatic heterocycles. The molecule has 2 aromatic rings. The lowest BCUT2D eigenvalue weighted by Gasteiger charge is -2.04. The van der Waals surface area contributed by atoms with E-state index in [2.05, 4.69) is 24.0 Å². The predicted molar refractivity (Wildman–Crippen MR) is 61.6 cm³/mol. The first-order chi connectivity index (χ1) is 6.33. The Kier molecular flexibility index (Phi) is 3.44. The monoisotopic (exact) mass is 208 g/mol. The van der Waals surface area contributed by atoms with Crippen LogP contribution < -0.4 is 5.73 Å². The van der Waals surface area contributed by atoms with Crippen LogP contribution in [0, 0.1) is 6.92 Å². The van der Waals surface area contributed by atoms with Gasteiger partial charge in [0.2, 0.25) is 0 Å². The molecule has 0 aliphatic rings. The van der Waals surface area contributed by atoms with E-state index in [1.807, 2.05) is 18.3 Å². The molecule has 0 aliphatic carbocycles. The van der Waals surface area contributed by atoms with E-state index in [-0.39, 0.29) is 12.4 Å². The second-order valence-corrected chi connectivity index (χ2v) is 3.15. The zero-order chi connectivity index (χ0) is 9.26. The molecule has 0 atom stereocenters. The van der Waals surface area contributed by atoms with Crippen molar-refractivity contribution in [2.75, 3.05) is 0 Å². The zero-order valence-corrected chi connectivity index (χ0v) is 8.84. The molecule has 0 spiro atoms. The first-order valence-corrected chi connectivity index (χ1v) is 4.36. The van der Waals surface area contributed by atoms with Crippen molar-refractivity contribution in [1.29, 1.82) is 0 Å². The summed E-state index contributed by atoms with van der Waals surface area (Å²) < 4.78 is 0. The van der Waals surface area contributed by atoms with Crippen LogP contribution in [0.5, 0.6) is 0 Å². The Hall–Kier alpha value is -1.12. The molecule has 2 nitrogen and oxygen atoms in total. The van der Waals surface area contributed by atoms with Gasteiger partial charge in [-0.25, -0.2) is 0 Å². The van der Waals surface area contributed by atoms with E-state index >= 15 is 0 Å². The molecule has 0 radical (unpaired) electrons. The van der Waals surface area contributed by atoms with Crippen LogP contribution in [0.1, 0.15) is 11.1 Å². The van der Waals surface area contributed by atoms with E-state index in [1.54, 1.807) is 0 Å². The summed E-state index contributed by atoms with van der Waals surface area (Å²) in [6.07, 6.45) is 1.82. The summed E-state index contributed by atoms with van der Waals surface area (Å²) in [5.74, 6) is 0. The minimum atomic E-state index is 0. The van der Waals surface area contributed by atoms with Gasteiger partial charge in [-0.05, 0) is 24.1 Å². The number of para-hydroxylation sites is 1. The Bertz CT molecular complexity index is 440. The molecule has 0 unspecified atom stereocenters. The SMILES string of the molecule is Cc1cccc2c(CN)ccnc12.Cl. The maximum atomic E-state index is 5.64. The third-order valence-electron chi connectivity index (χ3n) is 2.28. The number of hydrogen-bond donors (Lipinski definition) is 1. The number of hydrogen-bond acceptors (Lipinski definition) is 2. The fourth-order valence-electron chi connectivity index (χ4n) is 1.56. The Morgan fingerprint density at radius 1 is 1.29 bits per heavy atom. The summed E-state index contributed by atoms with van der Waals surface area (Å²) in [7, 11) is 0. The van der Waals surface area contributed by atoms with Crippen molar-refractivity contribution in [3.63, 3.8) is 0 Å². The number of aryl methyl sites for hydroxylation is 1. The molecule has 1 aromatic heterocycles. The molecule has 1 aromatic carbocycles. The van der Waals surface area contributed by atoms with Crippen molar-refractivity contribution in [2.24, 2.45) is 5.73 Å². The number of fused-ring (bicyclic) bond motifs is 1. The minimum absolute atomic E-state index is 0. The van der Waals surface area contributed by atoms with E-state index in [9.17, 15) is 0 Å². The summed E-state index contributed by atoms with van der Waals surface area (Å²) in [5.41, 5.74) is 9.06. The predicted octanol–water partition coefficient (Wildman–Crippen LogP) is 2.42. The highest BCUT2D eigenvalue weighted by atomic mass is 35.5. The highest BCUT2D eigenvalue weighted by molar-refractivity contribution is 5.85. The molecular formula is C11H13ClN2. The van der Waals surface area contributed by atoms with Gasteiger partial charge in [0.05, 0.1) is 5.52 Å². The number of aromatic nitrogens is 1. The summed E-state index contributed by atoms with van der Waals surface area (Å²) in [6, 6.07) is 8.15. The van der Waals surface area contributed by atoms with Gasteiger partial charge in [-0.3, -0.25) is 4.98 Å². The second-order valence-electron chi connectivity index (χ2n) is 3.15. The Labute approximate surface area is 89.6 Å². The van der Waals surface area contributed by atoms with Gasteiger partial charge in [-0.15, -0.1) is 12.4 Å². The molecule has 0 fully saturated rings. The third kappa shape index (κ3) is 1.72. The van der Waals surface area contributed by atoms with Gasteiger partial charge < -0.3 is 5.73 Å². The summed E-state index contributed by atoms with van der Waals surface area (Å²) in [5, 5.41) is 1.17. The average molecular weight is 209 g/mol. The van der Waals surface area contributed by atoms with Crippen LogP contribution in [0.4, 0.5) is 0 Å². The Morgan fingerprint density at radius 3 is 2.79 bits per heavy atom. The summed E-state index contributed by atoms with van der Waals surface area (Å²) in [4.78, 5) is 4.33. The van der Waals surface area contributed by atoms with Gasteiger partial charge in [0.15, 0.2) is 0 Å². The highest BCUT2D eigenvalue weighted by Crippen LogP contribution is 2.18. The van der Waals surface area contributed by atoms with Crippen molar-refractivity contribution < 1.29 is 0 Å². The maximum absolute atomic E-state index is 5.64. The van der Waals surface area contributed by atoms with Crippen LogP contribution >= 0.6 is 12.4 Å². The second kappa shape index (κ2) is 4.40. The van der Waals surface area contributed by atoms with Crippen LogP contribution in [-0.4, -0.2) is 4.98 Å². The fourth-order valence-corrected chi connectivity index (χ4v) is 1.56. The van der Waals surface area contributed by atoms with Crippen LogP contribution in [0.25, 0.3) is 10.9 Å². The molecule has 0 saturated carbocycles. The molecule has 2 N–H and O–H groups in total. The average Bonchev–Trinajstić information content (AvgIpc) is 2.18. The van der Waals surface area contributed by atoms with E-state index in [4.69, 9.17) is 5.73 Å². The van der Waals surface area contributed by atoms with Crippen molar-refractivity contribution in [3.05, 3.63) is 41.6 Å². The highest BCUT2D eigenvalue weighted by Gasteiger charge is 2.00.